The normalized spacial score (nSPS) is 10.7. The SMILES string of the molecule is CCCCCN(Cc1cccn1Cc1ccccc1C)C(=O)Nc1cc(OC)cc(OC)c1. The number of carbonyl (C=O) groups is 1. The fraction of sp³-hybridized carbons (Fsp3) is 0.370. The number of benzene rings is 2. The van der Waals surface area contributed by atoms with Crippen LogP contribution in [0.3, 0.4) is 0 Å². The summed E-state index contributed by atoms with van der Waals surface area (Å²) in [6, 6.07) is 17.8. The fourth-order valence-corrected chi connectivity index (χ4v) is 3.80. The van der Waals surface area contributed by atoms with Crippen LogP contribution in [0, 0.1) is 6.92 Å². The minimum Gasteiger partial charge on any atom is -0.497 e. The second-order valence-corrected chi connectivity index (χ2v) is 8.21. The molecule has 3 aromatic rings. The van der Waals surface area contributed by atoms with Crippen molar-refractivity contribution in [2.45, 2.75) is 46.2 Å². The molecule has 0 radical (unpaired) electrons. The lowest BCUT2D eigenvalue weighted by Gasteiger charge is -2.24. The second kappa shape index (κ2) is 12.0. The number of hydrogen-bond donors (Lipinski definition) is 1. The number of aryl methyl sites for hydroxylation is 1. The third-order valence-corrected chi connectivity index (χ3v) is 5.80. The van der Waals surface area contributed by atoms with Crippen molar-refractivity contribution < 1.29 is 14.3 Å². The monoisotopic (exact) mass is 449 g/mol. The van der Waals surface area contributed by atoms with Gasteiger partial charge in [0.15, 0.2) is 0 Å². The van der Waals surface area contributed by atoms with Gasteiger partial charge in [-0.15, -0.1) is 0 Å². The lowest BCUT2D eigenvalue weighted by molar-refractivity contribution is 0.206. The number of unbranched alkanes of at least 4 members (excludes halogenated alkanes) is 2. The molecular weight excluding hydrogens is 414 g/mol. The maximum Gasteiger partial charge on any atom is 0.322 e. The molecule has 0 atom stereocenters. The molecule has 0 unspecified atom stereocenters. The first-order chi connectivity index (χ1) is 16.0. The Morgan fingerprint density at radius 3 is 2.39 bits per heavy atom. The van der Waals surface area contributed by atoms with Gasteiger partial charge in [-0.05, 0) is 36.6 Å². The number of ether oxygens (including phenoxy) is 2. The van der Waals surface area contributed by atoms with E-state index in [9.17, 15) is 4.79 Å². The summed E-state index contributed by atoms with van der Waals surface area (Å²) in [5.74, 6) is 1.27. The van der Waals surface area contributed by atoms with Crippen LogP contribution < -0.4 is 14.8 Å². The van der Waals surface area contributed by atoms with Crippen LogP contribution in [0.5, 0.6) is 11.5 Å². The van der Waals surface area contributed by atoms with Crippen LogP contribution in [0.15, 0.2) is 60.8 Å². The number of nitrogens with zero attached hydrogens (tertiary/aromatic N) is 2. The second-order valence-electron chi connectivity index (χ2n) is 8.21. The van der Waals surface area contributed by atoms with Crippen LogP contribution >= 0.6 is 0 Å². The van der Waals surface area contributed by atoms with E-state index in [0.29, 0.717) is 30.3 Å². The van der Waals surface area contributed by atoms with Gasteiger partial charge in [0.05, 0.1) is 20.8 Å². The van der Waals surface area contributed by atoms with E-state index in [-0.39, 0.29) is 6.03 Å². The van der Waals surface area contributed by atoms with E-state index in [1.807, 2.05) is 11.0 Å². The highest BCUT2D eigenvalue weighted by Crippen LogP contribution is 2.26. The fourth-order valence-electron chi connectivity index (χ4n) is 3.80. The van der Waals surface area contributed by atoms with Gasteiger partial charge in [0.25, 0.3) is 0 Å². The summed E-state index contributed by atoms with van der Waals surface area (Å²) in [6.07, 6.45) is 5.23. The molecule has 0 spiro atoms. The largest absolute Gasteiger partial charge is 0.497 e. The van der Waals surface area contributed by atoms with E-state index in [1.54, 1.807) is 32.4 Å². The number of nitrogens with one attached hydrogen (secondary N) is 1. The van der Waals surface area contributed by atoms with Crippen molar-refractivity contribution in [1.82, 2.24) is 9.47 Å². The summed E-state index contributed by atoms with van der Waals surface area (Å²) < 4.78 is 12.9. The van der Waals surface area contributed by atoms with E-state index in [1.165, 1.54) is 11.1 Å². The van der Waals surface area contributed by atoms with Crippen LogP contribution in [0.25, 0.3) is 0 Å². The highest BCUT2D eigenvalue weighted by Gasteiger charge is 2.17. The van der Waals surface area contributed by atoms with E-state index in [2.05, 4.69) is 60.3 Å². The Hall–Kier alpha value is -3.41. The van der Waals surface area contributed by atoms with Gasteiger partial charge in [0, 0.05) is 48.9 Å². The van der Waals surface area contributed by atoms with E-state index >= 15 is 0 Å². The predicted octanol–water partition coefficient (Wildman–Crippen LogP) is 6.09. The highest BCUT2D eigenvalue weighted by molar-refractivity contribution is 5.89. The predicted molar refractivity (Wildman–Crippen MR) is 133 cm³/mol. The minimum absolute atomic E-state index is 0.134. The number of methoxy groups -OCH3 is 2. The van der Waals surface area contributed by atoms with Crippen LogP contribution in [-0.2, 0) is 13.1 Å². The Bertz CT molecular complexity index is 1020. The topological polar surface area (TPSA) is 55.7 Å². The van der Waals surface area contributed by atoms with Gasteiger partial charge >= 0.3 is 6.03 Å². The Kier molecular flexibility index (Phi) is 8.81. The molecule has 1 heterocycles. The Labute approximate surface area is 197 Å². The molecule has 0 aliphatic rings. The first-order valence-electron chi connectivity index (χ1n) is 11.5. The van der Waals surface area contributed by atoms with E-state index in [4.69, 9.17) is 9.47 Å². The van der Waals surface area contributed by atoms with Crippen LogP contribution in [-0.4, -0.2) is 36.3 Å². The van der Waals surface area contributed by atoms with Crippen molar-refractivity contribution in [1.29, 1.82) is 0 Å². The molecule has 1 N–H and O–H groups in total. The van der Waals surface area contributed by atoms with Gasteiger partial charge in [0.1, 0.15) is 11.5 Å². The van der Waals surface area contributed by atoms with Gasteiger partial charge in [-0.25, -0.2) is 4.79 Å². The van der Waals surface area contributed by atoms with E-state index < -0.39 is 0 Å². The van der Waals surface area contributed by atoms with Crippen LogP contribution in [0.2, 0.25) is 0 Å². The van der Waals surface area contributed by atoms with Gasteiger partial charge in [-0.1, -0.05) is 44.0 Å². The molecule has 2 aromatic carbocycles. The van der Waals surface area contributed by atoms with Crippen LogP contribution in [0.1, 0.15) is 43.0 Å². The zero-order valence-corrected chi connectivity index (χ0v) is 20.1. The molecule has 2 amide bonds. The van der Waals surface area contributed by atoms with E-state index in [0.717, 1.165) is 31.5 Å². The number of rotatable bonds is 11. The molecular formula is C27H35N3O3. The molecule has 3 rings (SSSR count). The maximum atomic E-state index is 13.3. The third kappa shape index (κ3) is 6.78. The molecule has 0 aliphatic heterocycles. The summed E-state index contributed by atoms with van der Waals surface area (Å²) in [5.41, 5.74) is 4.29. The van der Waals surface area contributed by atoms with Gasteiger partial charge < -0.3 is 24.3 Å². The molecule has 1 aromatic heterocycles. The van der Waals surface area contributed by atoms with Crippen molar-refractivity contribution in [3.8, 4) is 11.5 Å². The maximum absolute atomic E-state index is 13.3. The molecule has 176 valence electrons. The molecule has 0 saturated carbocycles. The summed E-state index contributed by atoms with van der Waals surface area (Å²) in [6.45, 7) is 6.31. The lowest BCUT2D eigenvalue weighted by atomic mass is 10.1. The van der Waals surface area contributed by atoms with Crippen molar-refractivity contribution >= 4 is 11.7 Å². The number of anilines is 1. The molecule has 0 saturated heterocycles. The molecule has 33 heavy (non-hydrogen) atoms. The molecule has 0 bridgehead atoms. The Balaban J connectivity index is 1.77. The zero-order valence-electron chi connectivity index (χ0n) is 20.1. The Morgan fingerprint density at radius 2 is 1.73 bits per heavy atom. The summed E-state index contributed by atoms with van der Waals surface area (Å²) in [7, 11) is 3.19. The number of hydrogen-bond acceptors (Lipinski definition) is 3. The number of aromatic nitrogens is 1. The highest BCUT2D eigenvalue weighted by atomic mass is 16.5. The average molecular weight is 450 g/mol. The van der Waals surface area contributed by atoms with Crippen molar-refractivity contribution in [2.75, 3.05) is 26.1 Å². The smallest absolute Gasteiger partial charge is 0.322 e. The zero-order chi connectivity index (χ0) is 23.6. The van der Waals surface area contributed by atoms with Gasteiger partial charge in [0.2, 0.25) is 0 Å². The number of amides is 2. The van der Waals surface area contributed by atoms with Crippen molar-refractivity contribution in [2.24, 2.45) is 0 Å². The van der Waals surface area contributed by atoms with Gasteiger partial charge in [-0.3, -0.25) is 0 Å². The number of carbonyl (C=O) groups excluding carboxylic acids is 1. The molecule has 0 fully saturated rings. The molecule has 6 nitrogen and oxygen atoms in total. The third-order valence-electron chi connectivity index (χ3n) is 5.80. The molecule has 6 heteroatoms. The standard InChI is InChI=1S/C27H35N3O3/c1-5-6-9-14-30(27(31)28-23-16-25(32-3)18-26(17-23)33-4)20-24-13-10-15-29(24)19-22-12-8-7-11-21(22)2/h7-8,10-13,15-18H,5-6,9,14,19-20H2,1-4H3,(H,28,31). The first-order valence-corrected chi connectivity index (χ1v) is 11.5. The van der Waals surface area contributed by atoms with Crippen LogP contribution in [0.4, 0.5) is 10.5 Å². The average Bonchev–Trinajstić information content (AvgIpc) is 3.26. The molecule has 0 aliphatic carbocycles. The van der Waals surface area contributed by atoms with Crippen molar-refractivity contribution in [3.63, 3.8) is 0 Å². The Morgan fingerprint density at radius 1 is 1.00 bits per heavy atom. The quantitative estimate of drug-likeness (QED) is 0.361. The lowest BCUT2D eigenvalue weighted by Crippen LogP contribution is -2.36. The summed E-state index contributed by atoms with van der Waals surface area (Å²) >= 11 is 0. The van der Waals surface area contributed by atoms with Gasteiger partial charge in [-0.2, -0.15) is 0 Å². The summed E-state index contributed by atoms with van der Waals surface area (Å²) in [5, 5.41) is 3.03. The minimum atomic E-state index is -0.134. The number of urea groups is 1. The van der Waals surface area contributed by atoms with Crippen molar-refractivity contribution in [3.05, 3.63) is 77.6 Å². The summed E-state index contributed by atoms with van der Waals surface area (Å²) in [4.78, 5) is 15.2. The first kappa shape index (κ1) is 24.2.